The number of hydrogen-bond acceptors (Lipinski definition) is 1. The molecule has 0 bridgehead atoms. The molecule has 0 amide bonds. The lowest BCUT2D eigenvalue weighted by atomic mass is 10.0. The van der Waals surface area contributed by atoms with E-state index in [0.717, 1.165) is 11.1 Å². The molecule has 0 fully saturated rings. The zero-order chi connectivity index (χ0) is 9.97. The van der Waals surface area contributed by atoms with Gasteiger partial charge in [0.25, 0.3) is 0 Å². The van der Waals surface area contributed by atoms with Gasteiger partial charge in [-0.1, -0.05) is 24.8 Å². The second-order valence-electron chi connectivity index (χ2n) is 2.92. The van der Waals surface area contributed by atoms with Crippen LogP contribution in [0, 0.1) is 5.82 Å². The minimum Gasteiger partial charge on any atom is -0.206 e. The van der Waals surface area contributed by atoms with E-state index in [0.29, 0.717) is 5.56 Å². The van der Waals surface area contributed by atoms with Gasteiger partial charge in [-0.05, 0) is 34.0 Å². The van der Waals surface area contributed by atoms with Crippen molar-refractivity contribution in [3.63, 3.8) is 0 Å². The Labute approximate surface area is 86.3 Å². The summed E-state index contributed by atoms with van der Waals surface area (Å²) in [6.07, 6.45) is 1.68. The zero-order valence-corrected chi connectivity index (χ0v) is 8.35. The highest BCUT2D eigenvalue weighted by molar-refractivity contribution is 7.08. The van der Waals surface area contributed by atoms with Crippen molar-refractivity contribution in [1.82, 2.24) is 0 Å². The molecule has 70 valence electrons. The van der Waals surface area contributed by atoms with Gasteiger partial charge in [-0.15, -0.1) is 0 Å². The van der Waals surface area contributed by atoms with Crippen molar-refractivity contribution >= 4 is 17.4 Å². The maximum absolute atomic E-state index is 13.6. The van der Waals surface area contributed by atoms with Crippen LogP contribution >= 0.6 is 11.3 Å². The highest BCUT2D eigenvalue weighted by Gasteiger charge is 2.08. The van der Waals surface area contributed by atoms with Gasteiger partial charge in [-0.2, -0.15) is 11.3 Å². The molecule has 0 aliphatic heterocycles. The van der Waals surface area contributed by atoms with E-state index in [1.165, 1.54) is 6.07 Å². The summed E-state index contributed by atoms with van der Waals surface area (Å²) in [6.45, 7) is 3.68. The first kappa shape index (κ1) is 9.16. The molecule has 0 aliphatic rings. The third-order valence-corrected chi connectivity index (χ3v) is 2.76. The fraction of sp³-hybridized carbons (Fsp3) is 0. The van der Waals surface area contributed by atoms with Crippen molar-refractivity contribution in [3.8, 4) is 11.1 Å². The summed E-state index contributed by atoms with van der Waals surface area (Å²) in [5, 5.41) is 3.88. The van der Waals surface area contributed by atoms with Crippen LogP contribution < -0.4 is 0 Å². The van der Waals surface area contributed by atoms with Crippen molar-refractivity contribution in [3.05, 3.63) is 53.0 Å². The average molecular weight is 204 g/mol. The Bertz CT molecular complexity index is 443. The van der Waals surface area contributed by atoms with E-state index in [1.54, 1.807) is 23.5 Å². The van der Waals surface area contributed by atoms with Crippen LogP contribution in [0.5, 0.6) is 0 Å². The summed E-state index contributed by atoms with van der Waals surface area (Å²) >= 11 is 1.56. The van der Waals surface area contributed by atoms with E-state index >= 15 is 0 Å². The fourth-order valence-electron chi connectivity index (χ4n) is 1.42. The van der Waals surface area contributed by atoms with Crippen molar-refractivity contribution < 1.29 is 4.39 Å². The Morgan fingerprint density at radius 3 is 2.79 bits per heavy atom. The van der Waals surface area contributed by atoms with E-state index in [-0.39, 0.29) is 5.82 Å². The van der Waals surface area contributed by atoms with Crippen LogP contribution in [-0.4, -0.2) is 0 Å². The maximum atomic E-state index is 13.6. The zero-order valence-electron chi connectivity index (χ0n) is 7.53. The molecule has 0 radical (unpaired) electrons. The lowest BCUT2D eigenvalue weighted by Gasteiger charge is -2.04. The average Bonchev–Trinajstić information content (AvgIpc) is 2.70. The molecule has 2 heteroatoms. The van der Waals surface area contributed by atoms with Gasteiger partial charge < -0.3 is 0 Å². The van der Waals surface area contributed by atoms with Crippen LogP contribution in [0.4, 0.5) is 4.39 Å². The van der Waals surface area contributed by atoms with Gasteiger partial charge in [0.05, 0.1) is 0 Å². The molecule has 0 spiro atoms. The van der Waals surface area contributed by atoms with Crippen molar-refractivity contribution in [2.45, 2.75) is 0 Å². The molecule has 1 heterocycles. The Morgan fingerprint density at radius 1 is 1.29 bits per heavy atom. The fourth-order valence-corrected chi connectivity index (χ4v) is 2.07. The first-order valence-corrected chi connectivity index (χ1v) is 5.20. The molecule has 0 atom stereocenters. The minimum absolute atomic E-state index is 0.194. The maximum Gasteiger partial charge on any atom is 0.131 e. The molecule has 1 aromatic carbocycles. The number of rotatable bonds is 2. The third kappa shape index (κ3) is 1.49. The molecule has 0 aliphatic carbocycles. The molecule has 0 N–H and O–H groups in total. The lowest BCUT2D eigenvalue weighted by molar-refractivity contribution is 0.631. The van der Waals surface area contributed by atoms with Gasteiger partial charge in [-0.25, -0.2) is 4.39 Å². The summed E-state index contributed by atoms with van der Waals surface area (Å²) in [7, 11) is 0. The number of benzene rings is 1. The summed E-state index contributed by atoms with van der Waals surface area (Å²) in [5.41, 5.74) is 2.40. The van der Waals surface area contributed by atoms with Crippen LogP contribution in [-0.2, 0) is 0 Å². The Kier molecular flexibility index (Phi) is 2.46. The molecular formula is C12H9FS. The highest BCUT2D eigenvalue weighted by Crippen LogP contribution is 2.29. The van der Waals surface area contributed by atoms with E-state index in [2.05, 4.69) is 6.58 Å². The van der Waals surface area contributed by atoms with Crippen LogP contribution in [0.15, 0.2) is 41.6 Å². The van der Waals surface area contributed by atoms with Crippen LogP contribution in [0.3, 0.4) is 0 Å². The second kappa shape index (κ2) is 3.76. The van der Waals surface area contributed by atoms with E-state index < -0.39 is 0 Å². The topological polar surface area (TPSA) is 0 Å². The smallest absolute Gasteiger partial charge is 0.131 e. The monoisotopic (exact) mass is 204 g/mol. The standard InChI is InChI=1S/C12H9FS/c1-2-9-4-3-5-11(13)12(9)10-6-7-14-8-10/h2-8H,1H2. The molecule has 0 unspecified atom stereocenters. The van der Waals surface area contributed by atoms with E-state index in [1.807, 2.05) is 22.9 Å². The van der Waals surface area contributed by atoms with Gasteiger partial charge in [-0.3, -0.25) is 0 Å². The Balaban J connectivity index is 2.67. The van der Waals surface area contributed by atoms with Gasteiger partial charge in [0.15, 0.2) is 0 Å². The van der Waals surface area contributed by atoms with Gasteiger partial charge >= 0.3 is 0 Å². The minimum atomic E-state index is -0.194. The molecule has 0 nitrogen and oxygen atoms in total. The molecule has 1 aromatic heterocycles. The lowest BCUT2D eigenvalue weighted by Crippen LogP contribution is -1.86. The second-order valence-corrected chi connectivity index (χ2v) is 3.70. The van der Waals surface area contributed by atoms with Crippen molar-refractivity contribution in [2.75, 3.05) is 0 Å². The normalized spacial score (nSPS) is 10.1. The highest BCUT2D eigenvalue weighted by atomic mass is 32.1. The van der Waals surface area contributed by atoms with Crippen LogP contribution in [0.1, 0.15) is 5.56 Å². The molecule has 2 rings (SSSR count). The predicted molar refractivity (Wildman–Crippen MR) is 59.8 cm³/mol. The van der Waals surface area contributed by atoms with Gasteiger partial charge in [0, 0.05) is 5.56 Å². The summed E-state index contributed by atoms with van der Waals surface area (Å²) in [4.78, 5) is 0. The SMILES string of the molecule is C=Cc1cccc(F)c1-c1ccsc1. The third-order valence-electron chi connectivity index (χ3n) is 2.08. The Hall–Kier alpha value is -1.41. The van der Waals surface area contributed by atoms with E-state index in [4.69, 9.17) is 0 Å². The van der Waals surface area contributed by atoms with Crippen molar-refractivity contribution in [2.24, 2.45) is 0 Å². The van der Waals surface area contributed by atoms with Crippen molar-refractivity contribution in [1.29, 1.82) is 0 Å². The first-order valence-electron chi connectivity index (χ1n) is 4.26. The predicted octanol–water partition coefficient (Wildman–Crippen LogP) is 4.20. The van der Waals surface area contributed by atoms with Crippen LogP contribution in [0.2, 0.25) is 0 Å². The van der Waals surface area contributed by atoms with Crippen LogP contribution in [0.25, 0.3) is 17.2 Å². The molecular weight excluding hydrogens is 195 g/mol. The molecule has 2 aromatic rings. The van der Waals surface area contributed by atoms with Gasteiger partial charge in [0.1, 0.15) is 5.82 Å². The molecule has 0 saturated heterocycles. The number of halogens is 1. The quantitative estimate of drug-likeness (QED) is 0.687. The largest absolute Gasteiger partial charge is 0.206 e. The van der Waals surface area contributed by atoms with Gasteiger partial charge in [0.2, 0.25) is 0 Å². The Morgan fingerprint density at radius 2 is 2.14 bits per heavy atom. The number of hydrogen-bond donors (Lipinski definition) is 0. The number of thiophene rings is 1. The summed E-state index contributed by atoms with van der Waals surface area (Å²) in [6, 6.07) is 6.95. The molecule has 0 saturated carbocycles. The summed E-state index contributed by atoms with van der Waals surface area (Å²) < 4.78 is 13.6. The van der Waals surface area contributed by atoms with E-state index in [9.17, 15) is 4.39 Å². The molecule has 14 heavy (non-hydrogen) atoms. The summed E-state index contributed by atoms with van der Waals surface area (Å²) in [5.74, 6) is -0.194. The first-order chi connectivity index (χ1) is 6.83.